The van der Waals surface area contributed by atoms with Crippen LogP contribution in [-0.4, -0.2) is 25.6 Å². The van der Waals surface area contributed by atoms with E-state index < -0.39 is 29.4 Å². The van der Waals surface area contributed by atoms with Crippen LogP contribution in [0.2, 0.25) is 0 Å². The van der Waals surface area contributed by atoms with Crippen molar-refractivity contribution >= 4 is 5.65 Å². The normalized spacial score (nSPS) is 18.9. The molecule has 29 heavy (non-hydrogen) atoms. The third-order valence-electron chi connectivity index (χ3n) is 5.38. The van der Waals surface area contributed by atoms with Crippen LogP contribution >= 0.6 is 0 Å². The zero-order valence-electron chi connectivity index (χ0n) is 15.4. The van der Waals surface area contributed by atoms with Crippen LogP contribution in [0.4, 0.5) is 13.2 Å². The van der Waals surface area contributed by atoms with Crippen LogP contribution in [0.3, 0.4) is 0 Å². The van der Waals surface area contributed by atoms with E-state index in [0.717, 1.165) is 23.0 Å². The number of aromatic nitrogens is 4. The first-order valence-corrected chi connectivity index (χ1v) is 9.11. The topological polar surface area (TPSA) is 82.2 Å². The largest absolute Gasteiger partial charge is 0.421 e. The van der Waals surface area contributed by atoms with Crippen molar-refractivity contribution in [3.63, 3.8) is 0 Å². The summed E-state index contributed by atoms with van der Waals surface area (Å²) in [7, 11) is 0. The van der Waals surface area contributed by atoms with Crippen molar-refractivity contribution in [2.45, 2.75) is 31.7 Å². The Labute approximate surface area is 163 Å². The minimum atomic E-state index is -1.21. The second kappa shape index (κ2) is 6.41. The first kappa shape index (κ1) is 17.9. The lowest BCUT2D eigenvalue weighted by Gasteiger charge is -2.29. The van der Waals surface area contributed by atoms with Gasteiger partial charge in [0.1, 0.15) is 11.5 Å². The molecule has 3 heterocycles. The van der Waals surface area contributed by atoms with Crippen molar-refractivity contribution in [3.8, 4) is 11.5 Å². The van der Waals surface area contributed by atoms with Crippen LogP contribution in [0, 0.1) is 24.4 Å². The van der Waals surface area contributed by atoms with Crippen molar-refractivity contribution in [1.82, 2.24) is 19.6 Å². The van der Waals surface area contributed by atoms with E-state index in [9.17, 15) is 13.2 Å². The number of nitrogens with two attached hydrogens (primary N) is 1. The third kappa shape index (κ3) is 2.89. The molecule has 0 amide bonds. The highest BCUT2D eigenvalue weighted by atomic mass is 19.2. The van der Waals surface area contributed by atoms with Crippen molar-refractivity contribution in [2.75, 3.05) is 0 Å². The number of nitrogens with zero attached hydrogens (tertiary/aromatic N) is 4. The molecule has 2 unspecified atom stereocenters. The summed E-state index contributed by atoms with van der Waals surface area (Å²) >= 11 is 0. The Hall–Kier alpha value is -3.20. The summed E-state index contributed by atoms with van der Waals surface area (Å²) in [5.41, 5.74) is 9.43. The lowest BCUT2D eigenvalue weighted by atomic mass is 9.80. The Balaban J connectivity index is 1.55. The molecule has 0 saturated carbocycles. The maximum atomic E-state index is 14.3. The molecule has 6 nitrogen and oxygen atoms in total. The van der Waals surface area contributed by atoms with Crippen LogP contribution in [0.5, 0.6) is 0 Å². The van der Waals surface area contributed by atoms with Gasteiger partial charge in [0.15, 0.2) is 11.6 Å². The van der Waals surface area contributed by atoms with Gasteiger partial charge in [-0.3, -0.25) is 0 Å². The highest BCUT2D eigenvalue weighted by Gasteiger charge is 2.33. The summed E-state index contributed by atoms with van der Waals surface area (Å²) in [6.45, 7) is 1.71. The van der Waals surface area contributed by atoms with Gasteiger partial charge >= 0.3 is 0 Å². The van der Waals surface area contributed by atoms with Gasteiger partial charge in [0.25, 0.3) is 0 Å². The highest BCUT2D eigenvalue weighted by Crippen LogP contribution is 2.35. The van der Waals surface area contributed by atoms with Crippen molar-refractivity contribution in [2.24, 2.45) is 5.73 Å². The quantitative estimate of drug-likeness (QED) is 0.523. The van der Waals surface area contributed by atoms with Gasteiger partial charge in [0, 0.05) is 48.8 Å². The van der Waals surface area contributed by atoms with Crippen molar-refractivity contribution in [3.05, 3.63) is 70.8 Å². The van der Waals surface area contributed by atoms with Gasteiger partial charge in [0.2, 0.25) is 11.8 Å². The van der Waals surface area contributed by atoms with E-state index in [-0.39, 0.29) is 5.56 Å². The molecule has 5 rings (SSSR count). The number of halogens is 3. The fourth-order valence-electron chi connectivity index (χ4n) is 3.96. The fraction of sp³-hybridized carbons (Fsp3) is 0.250. The number of rotatable bonds is 2. The minimum Gasteiger partial charge on any atom is -0.421 e. The molecule has 148 valence electrons. The molecular weight excluding hydrogens is 383 g/mol. The van der Waals surface area contributed by atoms with Crippen LogP contribution in [-0.2, 0) is 12.8 Å². The van der Waals surface area contributed by atoms with E-state index in [1.54, 1.807) is 6.92 Å². The number of benzene rings is 1. The number of aryl methyl sites for hydroxylation is 1. The third-order valence-corrected chi connectivity index (χ3v) is 5.38. The molecule has 1 aliphatic rings. The Bertz CT molecular complexity index is 1250. The van der Waals surface area contributed by atoms with Crippen LogP contribution in [0.15, 0.2) is 34.9 Å². The van der Waals surface area contributed by atoms with Gasteiger partial charge in [0.05, 0.1) is 5.69 Å². The molecule has 3 aromatic heterocycles. The predicted octanol–water partition coefficient (Wildman–Crippen LogP) is 3.32. The summed E-state index contributed by atoms with van der Waals surface area (Å²) in [6.07, 6.45) is 2.61. The summed E-state index contributed by atoms with van der Waals surface area (Å²) in [5.74, 6) is -2.75. The maximum absolute atomic E-state index is 14.3. The lowest BCUT2D eigenvalue weighted by Crippen LogP contribution is -2.37. The maximum Gasteiger partial charge on any atom is 0.247 e. The first-order chi connectivity index (χ1) is 13.9. The van der Waals surface area contributed by atoms with Gasteiger partial charge in [-0.05, 0) is 30.2 Å². The van der Waals surface area contributed by atoms with Crippen LogP contribution in [0.25, 0.3) is 17.1 Å². The highest BCUT2D eigenvalue weighted by molar-refractivity contribution is 5.61. The molecule has 1 aromatic carbocycles. The van der Waals surface area contributed by atoms with E-state index in [4.69, 9.17) is 10.2 Å². The summed E-state index contributed by atoms with van der Waals surface area (Å²) in [4.78, 5) is 4.65. The number of hydrogen-bond donors (Lipinski definition) is 1. The SMILES string of the molecule is Cc1nnc(-c2ccn3c4c(nc3c2)CC(c2cc(F)c(F)cc2F)C(N)C4)o1. The summed E-state index contributed by atoms with van der Waals surface area (Å²) in [6, 6.07) is 4.67. The monoisotopic (exact) mass is 399 g/mol. The molecule has 0 aliphatic heterocycles. The Morgan fingerprint density at radius 1 is 1.07 bits per heavy atom. The molecular formula is C20H16F3N5O. The van der Waals surface area contributed by atoms with E-state index in [1.807, 2.05) is 22.7 Å². The zero-order valence-corrected chi connectivity index (χ0v) is 15.4. The molecule has 1 aliphatic carbocycles. The Kier molecular flexibility index (Phi) is 3.95. The second-order valence-corrected chi connectivity index (χ2v) is 7.24. The molecule has 0 saturated heterocycles. The number of fused-ring (bicyclic) bond motifs is 3. The fourth-order valence-corrected chi connectivity index (χ4v) is 3.96. The molecule has 2 atom stereocenters. The smallest absolute Gasteiger partial charge is 0.247 e. The van der Waals surface area contributed by atoms with Crippen LogP contribution < -0.4 is 5.73 Å². The second-order valence-electron chi connectivity index (χ2n) is 7.24. The summed E-state index contributed by atoms with van der Waals surface area (Å²) in [5, 5.41) is 7.84. The zero-order chi connectivity index (χ0) is 20.3. The van der Waals surface area contributed by atoms with Gasteiger partial charge in [-0.25, -0.2) is 18.2 Å². The van der Waals surface area contributed by atoms with Crippen molar-refractivity contribution < 1.29 is 17.6 Å². The molecule has 0 spiro atoms. The molecule has 0 bridgehead atoms. The van der Waals surface area contributed by atoms with Crippen molar-refractivity contribution in [1.29, 1.82) is 0 Å². The number of imidazole rings is 1. The molecule has 9 heteroatoms. The van der Waals surface area contributed by atoms with E-state index >= 15 is 0 Å². The molecule has 0 radical (unpaired) electrons. The van der Waals surface area contributed by atoms with Gasteiger partial charge < -0.3 is 14.6 Å². The van der Waals surface area contributed by atoms with Crippen LogP contribution in [0.1, 0.15) is 28.8 Å². The minimum absolute atomic E-state index is 0.0705. The van der Waals surface area contributed by atoms with Gasteiger partial charge in [-0.1, -0.05) is 0 Å². The average Bonchev–Trinajstić information content (AvgIpc) is 3.27. The first-order valence-electron chi connectivity index (χ1n) is 9.11. The number of hydrogen-bond acceptors (Lipinski definition) is 5. The van der Waals surface area contributed by atoms with E-state index in [0.29, 0.717) is 36.3 Å². The number of pyridine rings is 1. The van der Waals surface area contributed by atoms with E-state index in [2.05, 4.69) is 15.2 Å². The average molecular weight is 399 g/mol. The Morgan fingerprint density at radius 3 is 2.62 bits per heavy atom. The lowest BCUT2D eigenvalue weighted by molar-refractivity contribution is 0.446. The predicted molar refractivity (Wildman–Crippen MR) is 97.7 cm³/mol. The molecule has 0 fully saturated rings. The van der Waals surface area contributed by atoms with Gasteiger partial charge in [-0.2, -0.15) is 0 Å². The molecule has 2 N–H and O–H groups in total. The van der Waals surface area contributed by atoms with Gasteiger partial charge in [-0.15, -0.1) is 10.2 Å². The Morgan fingerprint density at radius 2 is 1.86 bits per heavy atom. The van der Waals surface area contributed by atoms with E-state index in [1.165, 1.54) is 0 Å². The molecule has 4 aromatic rings. The summed E-state index contributed by atoms with van der Waals surface area (Å²) < 4.78 is 48.7. The standard InChI is InChI=1S/C20H16F3N5O/c1-9-26-27-20(29-9)10-2-3-28-18-8-16(24)12(6-17(18)25-19(28)4-10)11-5-14(22)15(23)7-13(11)21/h2-5,7,12,16H,6,8,24H2,1H3.